The molecule has 2 heterocycles. The van der Waals surface area contributed by atoms with Crippen LogP contribution >= 0.6 is 0 Å². The van der Waals surface area contributed by atoms with Crippen LogP contribution in [0.15, 0.2) is 18.2 Å². The van der Waals surface area contributed by atoms with Crippen molar-refractivity contribution < 1.29 is 38.1 Å². The van der Waals surface area contributed by atoms with Crippen LogP contribution < -0.4 is 20.3 Å². The van der Waals surface area contributed by atoms with Gasteiger partial charge in [-0.3, -0.25) is 19.3 Å². The Balaban J connectivity index is 1.75. The van der Waals surface area contributed by atoms with Crippen LogP contribution in [0.1, 0.15) is 19.4 Å². The van der Waals surface area contributed by atoms with Gasteiger partial charge in [0.1, 0.15) is 43.8 Å². The van der Waals surface area contributed by atoms with E-state index in [0.29, 0.717) is 17.0 Å². The maximum atomic E-state index is 13.2. The first-order chi connectivity index (χ1) is 15.2. The first-order valence-corrected chi connectivity index (χ1v) is 10.3. The highest BCUT2D eigenvalue weighted by Gasteiger charge is 2.45. The Labute approximate surface area is 184 Å². The van der Waals surface area contributed by atoms with Crippen molar-refractivity contribution in [3.05, 3.63) is 23.8 Å². The number of alkyl halides is 1. The average molecular weight is 451 g/mol. The fourth-order valence-corrected chi connectivity index (χ4v) is 3.79. The van der Waals surface area contributed by atoms with Crippen LogP contribution in [0.25, 0.3) is 0 Å². The summed E-state index contributed by atoms with van der Waals surface area (Å²) >= 11 is 0. The summed E-state index contributed by atoms with van der Waals surface area (Å²) in [5, 5.41) is 14.7. The second kappa shape index (κ2) is 9.94. The monoisotopic (exact) mass is 451 g/mol. The molecule has 1 aromatic carbocycles. The molecule has 3 amide bonds. The topological polar surface area (TPSA) is 134 Å². The van der Waals surface area contributed by atoms with E-state index in [1.54, 1.807) is 32.0 Å². The van der Waals surface area contributed by atoms with Gasteiger partial charge in [-0.15, -0.1) is 0 Å². The zero-order valence-corrected chi connectivity index (χ0v) is 17.8. The smallest absolute Gasteiger partial charge is 0.327 e. The zero-order valence-electron chi connectivity index (χ0n) is 17.8. The van der Waals surface area contributed by atoms with E-state index < -0.39 is 55.1 Å². The van der Waals surface area contributed by atoms with Gasteiger partial charge >= 0.3 is 5.97 Å². The number of rotatable bonds is 9. The molecule has 10 nitrogen and oxygen atoms in total. The number of nitrogens with one attached hydrogen (secondary N) is 2. The van der Waals surface area contributed by atoms with Crippen LogP contribution in [0.4, 0.5) is 10.1 Å². The van der Waals surface area contributed by atoms with Gasteiger partial charge in [-0.2, -0.15) is 0 Å². The third kappa shape index (κ3) is 4.82. The van der Waals surface area contributed by atoms with Crippen LogP contribution in [0.2, 0.25) is 0 Å². The lowest BCUT2D eigenvalue weighted by atomic mass is 10.0. The fourth-order valence-electron chi connectivity index (χ4n) is 3.79. The van der Waals surface area contributed by atoms with Crippen molar-refractivity contribution in [2.24, 2.45) is 5.92 Å². The predicted molar refractivity (Wildman–Crippen MR) is 110 cm³/mol. The maximum Gasteiger partial charge on any atom is 0.327 e. The molecule has 0 bridgehead atoms. The number of nitrogens with zero attached hydrogens (tertiary/aromatic N) is 1. The van der Waals surface area contributed by atoms with E-state index >= 15 is 0 Å². The molecule has 3 atom stereocenters. The molecule has 0 spiro atoms. The van der Waals surface area contributed by atoms with Gasteiger partial charge in [0, 0.05) is 6.42 Å². The van der Waals surface area contributed by atoms with Crippen molar-refractivity contribution in [2.75, 3.05) is 31.4 Å². The van der Waals surface area contributed by atoms with Crippen molar-refractivity contribution in [3.8, 4) is 5.75 Å². The molecule has 2 aliphatic heterocycles. The molecule has 0 saturated carbocycles. The van der Waals surface area contributed by atoms with Crippen LogP contribution in [-0.4, -0.2) is 73.4 Å². The van der Waals surface area contributed by atoms with Gasteiger partial charge in [-0.25, -0.2) is 9.18 Å². The van der Waals surface area contributed by atoms with E-state index in [-0.39, 0.29) is 25.6 Å². The summed E-state index contributed by atoms with van der Waals surface area (Å²) in [4.78, 5) is 51.1. The second-order valence-electron chi connectivity index (χ2n) is 7.93. The predicted octanol–water partition coefficient (Wildman–Crippen LogP) is 0.0330. The number of benzene rings is 1. The molecule has 174 valence electrons. The summed E-state index contributed by atoms with van der Waals surface area (Å²) in [6, 6.07) is 1.85. The van der Waals surface area contributed by atoms with Gasteiger partial charge in [0.05, 0.1) is 12.3 Å². The fraction of sp³-hybridized carbons (Fsp3) is 0.524. The SMILES string of the molecule is CC(C)[C@H](NC(=O)COCCF)C(=O)N[C@H]1COc2cccc3c2N(C1=O)[C@H](C(=O)O)C3. The van der Waals surface area contributed by atoms with Crippen LogP contribution in [0.5, 0.6) is 5.75 Å². The number of hydrogen-bond acceptors (Lipinski definition) is 6. The number of ether oxygens (including phenoxy) is 2. The molecule has 0 saturated heterocycles. The molecule has 0 aliphatic carbocycles. The molecule has 0 unspecified atom stereocenters. The van der Waals surface area contributed by atoms with Crippen molar-refractivity contribution in [2.45, 2.75) is 38.4 Å². The molecule has 11 heteroatoms. The molecule has 2 aliphatic rings. The lowest BCUT2D eigenvalue weighted by Gasteiger charge is -2.27. The van der Waals surface area contributed by atoms with Crippen molar-refractivity contribution in [1.82, 2.24) is 10.6 Å². The molecule has 32 heavy (non-hydrogen) atoms. The molecule has 0 radical (unpaired) electrons. The first kappa shape index (κ1) is 23.5. The average Bonchev–Trinajstić information content (AvgIpc) is 3.08. The minimum absolute atomic E-state index is 0.137. The number of carboxylic acids is 1. The molecule has 3 rings (SSSR count). The van der Waals surface area contributed by atoms with Crippen LogP contribution in [-0.2, 0) is 30.3 Å². The maximum absolute atomic E-state index is 13.2. The highest BCUT2D eigenvalue weighted by atomic mass is 19.1. The highest BCUT2D eigenvalue weighted by molar-refractivity contribution is 6.07. The van der Waals surface area contributed by atoms with Gasteiger partial charge in [0.2, 0.25) is 11.8 Å². The Hall–Kier alpha value is -3.21. The summed E-state index contributed by atoms with van der Waals surface area (Å²) in [6.45, 7) is 1.86. The van der Waals surface area contributed by atoms with Crippen molar-refractivity contribution in [3.63, 3.8) is 0 Å². The summed E-state index contributed by atoms with van der Waals surface area (Å²) < 4.78 is 22.7. The lowest BCUT2D eigenvalue weighted by Crippen LogP contribution is -2.58. The van der Waals surface area contributed by atoms with Gasteiger partial charge in [0.15, 0.2) is 0 Å². The van der Waals surface area contributed by atoms with E-state index in [9.17, 15) is 28.7 Å². The number of hydrogen-bond donors (Lipinski definition) is 3. The van der Waals surface area contributed by atoms with Gasteiger partial charge in [-0.1, -0.05) is 26.0 Å². The summed E-state index contributed by atoms with van der Waals surface area (Å²) in [5.74, 6) is -2.95. The van der Waals surface area contributed by atoms with Gasteiger partial charge in [-0.05, 0) is 17.5 Å². The number of carbonyl (C=O) groups excluding carboxylic acids is 3. The molecular weight excluding hydrogens is 425 g/mol. The number of carboxylic acid groups (broad SMARTS) is 1. The summed E-state index contributed by atoms with van der Waals surface area (Å²) in [7, 11) is 0. The summed E-state index contributed by atoms with van der Waals surface area (Å²) in [6.07, 6.45) is 0.137. The normalized spacial score (nSPS) is 20.2. The number of carbonyl (C=O) groups is 4. The Kier molecular flexibility index (Phi) is 7.29. The second-order valence-corrected chi connectivity index (χ2v) is 7.93. The van der Waals surface area contributed by atoms with E-state index in [0.717, 1.165) is 0 Å². The quantitative estimate of drug-likeness (QED) is 0.451. The van der Waals surface area contributed by atoms with Crippen LogP contribution in [0.3, 0.4) is 0 Å². The van der Waals surface area contributed by atoms with E-state index in [2.05, 4.69) is 10.6 Å². The minimum Gasteiger partial charge on any atom is -0.489 e. The van der Waals surface area contributed by atoms with Crippen molar-refractivity contribution >= 4 is 29.4 Å². The zero-order chi connectivity index (χ0) is 23.4. The lowest BCUT2D eigenvalue weighted by molar-refractivity contribution is -0.140. The Morgan fingerprint density at radius 1 is 1.34 bits per heavy atom. The third-order valence-electron chi connectivity index (χ3n) is 5.31. The molecule has 1 aromatic rings. The number of anilines is 1. The third-order valence-corrected chi connectivity index (χ3v) is 5.31. The Morgan fingerprint density at radius 2 is 2.09 bits per heavy atom. The van der Waals surface area contributed by atoms with E-state index in [1.165, 1.54) is 4.90 Å². The van der Waals surface area contributed by atoms with E-state index in [1.807, 2.05) is 0 Å². The van der Waals surface area contributed by atoms with Gasteiger partial charge in [0.25, 0.3) is 5.91 Å². The molecule has 3 N–H and O–H groups in total. The summed E-state index contributed by atoms with van der Waals surface area (Å²) in [5.41, 5.74) is 1.08. The van der Waals surface area contributed by atoms with E-state index in [4.69, 9.17) is 9.47 Å². The van der Waals surface area contributed by atoms with Crippen molar-refractivity contribution in [1.29, 1.82) is 0 Å². The molecule has 0 aromatic heterocycles. The Morgan fingerprint density at radius 3 is 2.75 bits per heavy atom. The first-order valence-electron chi connectivity index (χ1n) is 10.3. The standard InChI is InChI=1S/C21H26FN3O7/c1-11(2)17(24-16(26)10-31-7-6-22)19(27)23-13-9-32-15-5-3-4-12-8-14(21(29)30)25(18(12)15)20(13)28/h3-5,11,13-14,17H,6-10H2,1-2H3,(H,23,27)(H,24,26)(H,29,30)/t13-,14-,17-/m0/s1. The molecular formula is C21H26FN3O7. The number of amides is 3. The highest BCUT2D eigenvalue weighted by Crippen LogP contribution is 2.42. The number of para-hydroxylation sites is 1. The molecule has 0 fully saturated rings. The minimum atomic E-state index is -1.16. The van der Waals surface area contributed by atoms with Gasteiger partial charge < -0.3 is 25.2 Å². The largest absolute Gasteiger partial charge is 0.489 e. The Bertz CT molecular complexity index is 907. The number of halogens is 1. The number of aliphatic carboxylic acids is 1. The van der Waals surface area contributed by atoms with Crippen LogP contribution in [0, 0.1) is 5.92 Å².